The van der Waals surface area contributed by atoms with Gasteiger partial charge in [-0.3, -0.25) is 9.89 Å². The SMILES string of the molecule is O=C(NCc1[nH]nc2ncccc12)C1CCS(=O)(=O)C1. The second-order valence-corrected chi connectivity index (χ2v) is 7.12. The van der Waals surface area contributed by atoms with Gasteiger partial charge in [0, 0.05) is 11.6 Å². The summed E-state index contributed by atoms with van der Waals surface area (Å²) in [6, 6.07) is 3.67. The highest BCUT2D eigenvalue weighted by Crippen LogP contribution is 2.19. The van der Waals surface area contributed by atoms with Gasteiger partial charge in [0.15, 0.2) is 15.5 Å². The smallest absolute Gasteiger partial charge is 0.224 e. The Balaban J connectivity index is 1.66. The molecule has 2 aromatic rings. The van der Waals surface area contributed by atoms with Crippen LogP contribution in [0.1, 0.15) is 12.1 Å². The fraction of sp³-hybridized carbons (Fsp3) is 0.417. The summed E-state index contributed by atoms with van der Waals surface area (Å²) in [5, 5.41) is 10.5. The van der Waals surface area contributed by atoms with Crippen LogP contribution in [0.4, 0.5) is 0 Å². The third-order valence-corrected chi connectivity index (χ3v) is 5.22. The molecule has 3 heterocycles. The lowest BCUT2D eigenvalue weighted by Gasteiger charge is -2.08. The van der Waals surface area contributed by atoms with Gasteiger partial charge in [-0.1, -0.05) is 0 Å². The van der Waals surface area contributed by atoms with Crippen molar-refractivity contribution in [2.24, 2.45) is 5.92 Å². The largest absolute Gasteiger partial charge is 0.350 e. The second-order valence-electron chi connectivity index (χ2n) is 4.89. The van der Waals surface area contributed by atoms with Crippen LogP contribution < -0.4 is 5.32 Å². The molecular weight excluding hydrogens is 280 g/mol. The Morgan fingerprint density at radius 3 is 3.10 bits per heavy atom. The number of hydrogen-bond acceptors (Lipinski definition) is 5. The van der Waals surface area contributed by atoms with Gasteiger partial charge in [-0.25, -0.2) is 13.4 Å². The van der Waals surface area contributed by atoms with Crippen molar-refractivity contribution in [3.8, 4) is 0 Å². The molecule has 8 heteroatoms. The van der Waals surface area contributed by atoms with Crippen molar-refractivity contribution in [3.05, 3.63) is 24.0 Å². The van der Waals surface area contributed by atoms with Crippen LogP contribution in [0.25, 0.3) is 11.0 Å². The monoisotopic (exact) mass is 294 g/mol. The first-order valence-electron chi connectivity index (χ1n) is 6.31. The molecule has 1 atom stereocenters. The molecule has 1 unspecified atom stereocenters. The summed E-state index contributed by atoms with van der Waals surface area (Å²) in [5.74, 6) is -0.614. The van der Waals surface area contributed by atoms with Crippen molar-refractivity contribution >= 4 is 26.8 Å². The molecule has 1 aliphatic heterocycles. The standard InChI is InChI=1S/C12H14N4O3S/c17-12(8-3-5-20(18,19)7-8)14-6-10-9-2-1-4-13-11(9)16-15-10/h1-2,4,8H,3,5-7H2,(H,14,17)(H,13,15,16). The van der Waals surface area contributed by atoms with Gasteiger partial charge < -0.3 is 5.32 Å². The van der Waals surface area contributed by atoms with Crippen molar-refractivity contribution < 1.29 is 13.2 Å². The van der Waals surface area contributed by atoms with Gasteiger partial charge in [-0.05, 0) is 18.6 Å². The fourth-order valence-electron chi connectivity index (χ4n) is 2.36. The molecule has 2 aromatic heterocycles. The van der Waals surface area contributed by atoms with Crippen molar-refractivity contribution in [1.29, 1.82) is 0 Å². The Morgan fingerprint density at radius 1 is 1.50 bits per heavy atom. The van der Waals surface area contributed by atoms with E-state index in [0.717, 1.165) is 11.1 Å². The van der Waals surface area contributed by atoms with Crippen molar-refractivity contribution in [2.75, 3.05) is 11.5 Å². The van der Waals surface area contributed by atoms with Crippen LogP contribution in [0.5, 0.6) is 0 Å². The van der Waals surface area contributed by atoms with E-state index in [4.69, 9.17) is 0 Å². The van der Waals surface area contributed by atoms with Crippen LogP contribution >= 0.6 is 0 Å². The Labute approximate surface area is 115 Å². The average Bonchev–Trinajstić information content (AvgIpc) is 2.99. The maximum Gasteiger partial charge on any atom is 0.224 e. The van der Waals surface area contributed by atoms with Crippen LogP contribution in [0, 0.1) is 5.92 Å². The van der Waals surface area contributed by atoms with E-state index >= 15 is 0 Å². The van der Waals surface area contributed by atoms with Crippen LogP contribution in [0.3, 0.4) is 0 Å². The molecule has 0 saturated carbocycles. The molecule has 20 heavy (non-hydrogen) atoms. The van der Waals surface area contributed by atoms with Gasteiger partial charge in [-0.2, -0.15) is 5.10 Å². The number of hydrogen-bond donors (Lipinski definition) is 2. The molecule has 0 spiro atoms. The normalized spacial score (nSPS) is 21.1. The van der Waals surface area contributed by atoms with Gasteiger partial charge in [0.1, 0.15) is 0 Å². The Kier molecular flexibility index (Phi) is 3.17. The topological polar surface area (TPSA) is 105 Å². The highest BCUT2D eigenvalue weighted by Gasteiger charge is 2.32. The number of H-pyrrole nitrogens is 1. The van der Waals surface area contributed by atoms with Gasteiger partial charge in [-0.15, -0.1) is 0 Å². The van der Waals surface area contributed by atoms with Gasteiger partial charge >= 0.3 is 0 Å². The molecule has 1 amide bonds. The summed E-state index contributed by atoms with van der Waals surface area (Å²) >= 11 is 0. The highest BCUT2D eigenvalue weighted by molar-refractivity contribution is 7.91. The minimum atomic E-state index is -3.04. The number of carbonyl (C=O) groups excluding carboxylic acids is 1. The molecule has 0 bridgehead atoms. The highest BCUT2D eigenvalue weighted by atomic mass is 32.2. The van der Waals surface area contributed by atoms with E-state index < -0.39 is 15.8 Å². The number of nitrogens with one attached hydrogen (secondary N) is 2. The molecule has 0 aliphatic carbocycles. The van der Waals surface area contributed by atoms with E-state index in [2.05, 4.69) is 20.5 Å². The quantitative estimate of drug-likeness (QED) is 0.829. The molecule has 1 aliphatic rings. The lowest BCUT2D eigenvalue weighted by molar-refractivity contribution is -0.124. The zero-order valence-corrected chi connectivity index (χ0v) is 11.5. The van der Waals surface area contributed by atoms with E-state index in [9.17, 15) is 13.2 Å². The van der Waals surface area contributed by atoms with Crippen LogP contribution in [0.15, 0.2) is 18.3 Å². The number of pyridine rings is 1. The summed E-state index contributed by atoms with van der Waals surface area (Å²) < 4.78 is 22.7. The summed E-state index contributed by atoms with van der Waals surface area (Å²) in [7, 11) is -3.04. The summed E-state index contributed by atoms with van der Waals surface area (Å²) in [5.41, 5.74) is 1.36. The number of amides is 1. The first-order chi connectivity index (χ1) is 9.55. The molecule has 106 valence electrons. The third-order valence-electron chi connectivity index (χ3n) is 3.45. The van der Waals surface area contributed by atoms with E-state index in [-0.39, 0.29) is 24.0 Å². The second kappa shape index (κ2) is 4.86. The molecule has 2 N–H and O–H groups in total. The third kappa shape index (κ3) is 2.51. The maximum absolute atomic E-state index is 11.9. The molecule has 0 aromatic carbocycles. The molecule has 7 nitrogen and oxygen atoms in total. The molecule has 1 saturated heterocycles. The number of rotatable bonds is 3. The first kappa shape index (κ1) is 13.0. The zero-order chi connectivity index (χ0) is 14.2. The predicted molar refractivity (Wildman–Crippen MR) is 72.5 cm³/mol. The van der Waals surface area contributed by atoms with E-state index in [1.54, 1.807) is 12.3 Å². The van der Waals surface area contributed by atoms with E-state index in [1.165, 1.54) is 0 Å². The first-order valence-corrected chi connectivity index (χ1v) is 8.13. The number of nitrogens with zero attached hydrogens (tertiary/aromatic N) is 2. The lowest BCUT2D eigenvalue weighted by atomic mass is 10.1. The summed E-state index contributed by atoms with van der Waals surface area (Å²) in [6.07, 6.45) is 2.05. The maximum atomic E-state index is 11.9. The van der Waals surface area contributed by atoms with Gasteiger partial charge in [0.2, 0.25) is 5.91 Å². The Bertz CT molecular complexity index is 753. The minimum absolute atomic E-state index is 0.0515. The van der Waals surface area contributed by atoms with Crippen LogP contribution in [-0.2, 0) is 21.2 Å². The van der Waals surface area contributed by atoms with Crippen LogP contribution in [-0.4, -0.2) is 41.0 Å². The van der Waals surface area contributed by atoms with Crippen LogP contribution in [0.2, 0.25) is 0 Å². The number of sulfone groups is 1. The number of aromatic amines is 1. The fourth-order valence-corrected chi connectivity index (χ4v) is 4.10. The van der Waals surface area contributed by atoms with Gasteiger partial charge in [0.05, 0.1) is 29.7 Å². The number of fused-ring (bicyclic) bond motifs is 1. The Morgan fingerprint density at radius 2 is 2.35 bits per heavy atom. The van der Waals surface area contributed by atoms with Gasteiger partial charge in [0.25, 0.3) is 0 Å². The van der Waals surface area contributed by atoms with E-state index in [1.807, 2.05) is 6.07 Å². The zero-order valence-electron chi connectivity index (χ0n) is 10.7. The van der Waals surface area contributed by atoms with Crippen molar-refractivity contribution in [2.45, 2.75) is 13.0 Å². The molecule has 1 fully saturated rings. The Hall–Kier alpha value is -1.96. The molecular formula is C12H14N4O3S. The molecule has 3 rings (SSSR count). The van der Waals surface area contributed by atoms with Crippen molar-refractivity contribution in [3.63, 3.8) is 0 Å². The minimum Gasteiger partial charge on any atom is -0.350 e. The predicted octanol–water partition coefficient (Wildman–Crippen LogP) is 0.00880. The average molecular weight is 294 g/mol. The number of carbonyl (C=O) groups is 1. The van der Waals surface area contributed by atoms with E-state index in [0.29, 0.717) is 12.1 Å². The lowest BCUT2D eigenvalue weighted by Crippen LogP contribution is -2.31. The van der Waals surface area contributed by atoms with Crippen molar-refractivity contribution in [1.82, 2.24) is 20.5 Å². The molecule has 0 radical (unpaired) electrons. The summed E-state index contributed by atoms with van der Waals surface area (Å²) in [4.78, 5) is 16.0. The number of aromatic nitrogens is 3. The summed E-state index contributed by atoms with van der Waals surface area (Å²) in [6.45, 7) is 0.289.